The second kappa shape index (κ2) is 11.5. The normalized spacial score (nSPS) is 16.8. The topological polar surface area (TPSA) is 73.5 Å². The molecule has 1 saturated heterocycles. The van der Waals surface area contributed by atoms with Crippen LogP contribution >= 0.6 is 0 Å². The van der Waals surface area contributed by atoms with Gasteiger partial charge in [0.25, 0.3) is 0 Å². The van der Waals surface area contributed by atoms with Crippen LogP contribution in [0.15, 0.2) is 60.7 Å². The third-order valence-corrected chi connectivity index (χ3v) is 6.00. The van der Waals surface area contributed by atoms with E-state index in [2.05, 4.69) is 45.1 Å². The summed E-state index contributed by atoms with van der Waals surface area (Å²) in [5.74, 6) is -0.0567. The number of benzene rings is 2. The van der Waals surface area contributed by atoms with Crippen molar-refractivity contribution >= 4 is 17.6 Å². The van der Waals surface area contributed by atoms with Crippen LogP contribution in [0.2, 0.25) is 0 Å². The van der Waals surface area contributed by atoms with Crippen LogP contribution in [0.1, 0.15) is 38.7 Å². The molecule has 3 rings (SSSR count). The summed E-state index contributed by atoms with van der Waals surface area (Å²) >= 11 is 0. The summed E-state index contributed by atoms with van der Waals surface area (Å²) in [7, 11) is 0. The SMILES string of the molecule is CCC(C)C(NC(=O)Nc1ccccc1)C(=O)NC1CCN(Cc2ccccc2)CC1. The van der Waals surface area contributed by atoms with Gasteiger partial charge >= 0.3 is 6.03 Å². The van der Waals surface area contributed by atoms with Crippen LogP contribution in [-0.2, 0) is 11.3 Å². The Morgan fingerprint density at radius 1 is 1.00 bits per heavy atom. The summed E-state index contributed by atoms with van der Waals surface area (Å²) < 4.78 is 0. The summed E-state index contributed by atoms with van der Waals surface area (Å²) in [5.41, 5.74) is 2.02. The maximum atomic E-state index is 13.0. The summed E-state index contributed by atoms with van der Waals surface area (Å²) in [6.07, 6.45) is 2.64. The van der Waals surface area contributed by atoms with Crippen molar-refractivity contribution in [3.63, 3.8) is 0 Å². The molecule has 2 aromatic rings. The zero-order chi connectivity index (χ0) is 22.1. The minimum Gasteiger partial charge on any atom is -0.351 e. The first-order chi connectivity index (χ1) is 15.0. The van der Waals surface area contributed by atoms with Gasteiger partial charge in [-0.2, -0.15) is 0 Å². The van der Waals surface area contributed by atoms with Crippen molar-refractivity contribution in [3.05, 3.63) is 66.2 Å². The van der Waals surface area contributed by atoms with Crippen molar-refractivity contribution in [3.8, 4) is 0 Å². The predicted molar refractivity (Wildman–Crippen MR) is 125 cm³/mol. The Morgan fingerprint density at radius 2 is 1.61 bits per heavy atom. The minimum atomic E-state index is -0.559. The molecule has 3 N–H and O–H groups in total. The van der Waals surface area contributed by atoms with Gasteiger partial charge in [-0.1, -0.05) is 68.8 Å². The zero-order valence-electron chi connectivity index (χ0n) is 18.5. The monoisotopic (exact) mass is 422 g/mol. The van der Waals surface area contributed by atoms with Gasteiger partial charge < -0.3 is 16.0 Å². The highest BCUT2D eigenvalue weighted by Crippen LogP contribution is 2.15. The van der Waals surface area contributed by atoms with E-state index < -0.39 is 6.04 Å². The molecular weight excluding hydrogens is 388 g/mol. The molecule has 0 bridgehead atoms. The van der Waals surface area contributed by atoms with E-state index in [-0.39, 0.29) is 23.9 Å². The van der Waals surface area contributed by atoms with Gasteiger partial charge in [-0.15, -0.1) is 0 Å². The zero-order valence-corrected chi connectivity index (χ0v) is 18.5. The molecule has 1 aliphatic heterocycles. The second-order valence-corrected chi connectivity index (χ2v) is 8.37. The maximum Gasteiger partial charge on any atom is 0.319 e. The molecule has 0 radical (unpaired) electrons. The number of nitrogens with one attached hydrogen (secondary N) is 3. The van der Waals surface area contributed by atoms with Crippen molar-refractivity contribution in [2.75, 3.05) is 18.4 Å². The van der Waals surface area contributed by atoms with E-state index in [0.29, 0.717) is 5.69 Å². The first kappa shape index (κ1) is 22.8. The van der Waals surface area contributed by atoms with E-state index in [1.54, 1.807) is 0 Å². The van der Waals surface area contributed by atoms with Crippen LogP contribution in [0.5, 0.6) is 0 Å². The molecule has 0 saturated carbocycles. The van der Waals surface area contributed by atoms with Gasteiger partial charge in [-0.05, 0) is 36.5 Å². The number of para-hydroxylation sites is 1. The molecule has 0 aromatic heterocycles. The lowest BCUT2D eigenvalue weighted by molar-refractivity contribution is -0.125. The lowest BCUT2D eigenvalue weighted by Gasteiger charge is -2.34. The second-order valence-electron chi connectivity index (χ2n) is 8.37. The number of nitrogens with zero attached hydrogens (tertiary/aromatic N) is 1. The van der Waals surface area contributed by atoms with Crippen molar-refractivity contribution in [1.29, 1.82) is 0 Å². The van der Waals surface area contributed by atoms with Gasteiger partial charge in [0.15, 0.2) is 0 Å². The number of anilines is 1. The first-order valence-electron chi connectivity index (χ1n) is 11.2. The Hall–Kier alpha value is -2.86. The van der Waals surface area contributed by atoms with E-state index >= 15 is 0 Å². The number of piperidine rings is 1. The minimum absolute atomic E-state index is 0.0414. The van der Waals surface area contributed by atoms with Crippen LogP contribution in [0.4, 0.5) is 10.5 Å². The molecule has 1 heterocycles. The Morgan fingerprint density at radius 3 is 2.23 bits per heavy atom. The van der Waals surface area contributed by atoms with Crippen LogP contribution in [0, 0.1) is 5.92 Å². The van der Waals surface area contributed by atoms with Gasteiger partial charge in [0, 0.05) is 31.4 Å². The molecule has 31 heavy (non-hydrogen) atoms. The van der Waals surface area contributed by atoms with Crippen LogP contribution < -0.4 is 16.0 Å². The van der Waals surface area contributed by atoms with Crippen molar-refractivity contribution in [1.82, 2.24) is 15.5 Å². The van der Waals surface area contributed by atoms with E-state index in [0.717, 1.165) is 38.9 Å². The average Bonchev–Trinajstić information content (AvgIpc) is 2.79. The molecule has 6 heteroatoms. The van der Waals surface area contributed by atoms with Gasteiger partial charge in [0.2, 0.25) is 5.91 Å². The molecule has 2 unspecified atom stereocenters. The molecule has 0 aliphatic carbocycles. The maximum absolute atomic E-state index is 13.0. The quantitative estimate of drug-likeness (QED) is 0.602. The highest BCUT2D eigenvalue weighted by molar-refractivity contribution is 5.93. The van der Waals surface area contributed by atoms with E-state index in [9.17, 15) is 9.59 Å². The largest absolute Gasteiger partial charge is 0.351 e. The predicted octanol–water partition coefficient (Wildman–Crippen LogP) is 4.00. The average molecular weight is 423 g/mol. The number of likely N-dealkylation sites (tertiary alicyclic amines) is 1. The Kier molecular flexibility index (Phi) is 8.47. The number of amides is 3. The number of carbonyl (C=O) groups excluding carboxylic acids is 2. The standard InChI is InChI=1S/C25H34N4O2/c1-3-19(2)23(28-25(31)27-21-12-8-5-9-13-21)24(30)26-22-14-16-29(17-15-22)18-20-10-6-4-7-11-20/h4-13,19,22-23H,3,14-18H2,1-2H3,(H,26,30)(H2,27,28,31). The Labute approximate surface area is 185 Å². The van der Waals surface area contributed by atoms with E-state index in [1.807, 2.05) is 50.2 Å². The first-order valence-corrected chi connectivity index (χ1v) is 11.2. The molecule has 166 valence electrons. The van der Waals surface area contributed by atoms with Crippen LogP contribution in [0.25, 0.3) is 0 Å². The fourth-order valence-electron chi connectivity index (χ4n) is 3.90. The summed E-state index contributed by atoms with van der Waals surface area (Å²) in [6.45, 7) is 6.88. The highest BCUT2D eigenvalue weighted by atomic mass is 16.2. The van der Waals surface area contributed by atoms with Crippen LogP contribution in [-0.4, -0.2) is 42.0 Å². The van der Waals surface area contributed by atoms with Gasteiger partial charge in [0.1, 0.15) is 6.04 Å². The summed E-state index contributed by atoms with van der Waals surface area (Å²) in [5, 5.41) is 8.86. The van der Waals surface area contributed by atoms with Gasteiger partial charge in [-0.25, -0.2) is 4.79 Å². The molecule has 1 aliphatic rings. The molecular formula is C25H34N4O2. The fourth-order valence-corrected chi connectivity index (χ4v) is 3.90. The lowest BCUT2D eigenvalue weighted by Crippen LogP contribution is -2.55. The lowest BCUT2D eigenvalue weighted by atomic mass is 9.97. The summed E-state index contributed by atoms with van der Waals surface area (Å²) in [4.78, 5) is 27.9. The van der Waals surface area contributed by atoms with Gasteiger partial charge in [-0.3, -0.25) is 9.69 Å². The Balaban J connectivity index is 1.49. The Bertz CT molecular complexity index is 820. The van der Waals surface area contributed by atoms with Crippen LogP contribution in [0.3, 0.4) is 0 Å². The molecule has 3 amide bonds. The number of hydrogen-bond donors (Lipinski definition) is 3. The third-order valence-electron chi connectivity index (χ3n) is 6.00. The number of carbonyl (C=O) groups is 2. The molecule has 0 spiro atoms. The van der Waals surface area contributed by atoms with Crippen molar-refractivity contribution < 1.29 is 9.59 Å². The molecule has 2 atom stereocenters. The molecule has 2 aromatic carbocycles. The van der Waals surface area contributed by atoms with E-state index in [1.165, 1.54) is 5.56 Å². The number of urea groups is 1. The molecule has 1 fully saturated rings. The smallest absolute Gasteiger partial charge is 0.319 e. The highest BCUT2D eigenvalue weighted by Gasteiger charge is 2.29. The van der Waals surface area contributed by atoms with Gasteiger partial charge in [0.05, 0.1) is 0 Å². The van der Waals surface area contributed by atoms with Crippen molar-refractivity contribution in [2.45, 2.75) is 51.7 Å². The molecule has 6 nitrogen and oxygen atoms in total. The van der Waals surface area contributed by atoms with E-state index in [4.69, 9.17) is 0 Å². The number of hydrogen-bond acceptors (Lipinski definition) is 3. The van der Waals surface area contributed by atoms with Crippen molar-refractivity contribution in [2.24, 2.45) is 5.92 Å². The third kappa shape index (κ3) is 7.10. The fraction of sp³-hybridized carbons (Fsp3) is 0.440. The summed E-state index contributed by atoms with van der Waals surface area (Å²) in [6, 6.07) is 18.9. The number of rotatable bonds is 8.